The molecule has 14 heteroatoms. The molecule has 0 heterocycles. The smallest absolute Gasteiger partial charge is 0.347 e. The summed E-state index contributed by atoms with van der Waals surface area (Å²) >= 11 is 4.67. The molecule has 1 rings (SSSR count). The van der Waals surface area contributed by atoms with E-state index in [0.717, 1.165) is 6.26 Å². The summed E-state index contributed by atoms with van der Waals surface area (Å²) in [6.45, 7) is 0. The van der Waals surface area contributed by atoms with E-state index in [9.17, 15) is 17.5 Å². The van der Waals surface area contributed by atoms with E-state index in [-0.39, 0.29) is 11.4 Å². The van der Waals surface area contributed by atoms with E-state index in [0.29, 0.717) is 0 Å². The van der Waals surface area contributed by atoms with Crippen LogP contribution in [0.1, 0.15) is 0 Å². The largest absolute Gasteiger partial charge is 0.349 e. The first kappa shape index (κ1) is 20.2. The Hall–Kier alpha value is -0.840. The van der Waals surface area contributed by atoms with Crippen LogP contribution in [0.4, 0.5) is 11.4 Å². The van der Waals surface area contributed by atoms with E-state index in [2.05, 4.69) is 22.3 Å². The summed E-state index contributed by atoms with van der Waals surface area (Å²) in [6, 6.07) is 5.29. The zero-order chi connectivity index (χ0) is 18.1. The molecule has 1 aromatic carbocycles. The quantitative estimate of drug-likeness (QED) is 0.289. The van der Waals surface area contributed by atoms with Crippen LogP contribution in [0.5, 0.6) is 0 Å². The van der Waals surface area contributed by atoms with Gasteiger partial charge >= 0.3 is 15.2 Å². The summed E-state index contributed by atoms with van der Waals surface area (Å²) in [5.41, 5.74) is 0.395. The lowest BCUT2D eigenvalue weighted by Crippen LogP contribution is -2.26. The topological polar surface area (TPSA) is 173 Å². The Kier molecular flexibility index (Phi) is 6.11. The van der Waals surface area contributed by atoms with Gasteiger partial charge < -0.3 is 24.9 Å². The summed E-state index contributed by atoms with van der Waals surface area (Å²) in [5, 5.41) is -0.145. The van der Waals surface area contributed by atoms with E-state index in [1.165, 1.54) is 24.3 Å². The minimum absolute atomic E-state index is 0.168. The van der Waals surface area contributed by atoms with Crippen LogP contribution in [0.25, 0.3) is 0 Å². The molecule has 0 fully saturated rings. The molecule has 10 nitrogen and oxygen atoms in total. The lowest BCUT2D eigenvalue weighted by atomic mass is 10.3. The van der Waals surface area contributed by atoms with Crippen LogP contribution in [0.15, 0.2) is 24.3 Å². The van der Waals surface area contributed by atoms with E-state index in [1.807, 2.05) is 0 Å². The number of sulfonamides is 1. The Balaban J connectivity index is 2.96. The van der Waals surface area contributed by atoms with Crippen molar-refractivity contribution in [2.24, 2.45) is 0 Å². The Morgan fingerprint density at radius 1 is 1.04 bits per heavy atom. The van der Waals surface area contributed by atoms with Crippen LogP contribution in [0.3, 0.4) is 0 Å². The molecule has 0 radical (unpaired) electrons. The lowest BCUT2D eigenvalue weighted by Gasteiger charge is -2.21. The summed E-state index contributed by atoms with van der Waals surface area (Å²) in [7, 11) is -13.8. The fraction of sp³-hybridized carbons (Fsp3) is 0.222. The molecular formula is C9H14N2O8P2S2. The molecule has 0 aliphatic rings. The predicted octanol–water partition coefficient (Wildman–Crippen LogP) is 0.479. The first-order valence-electron chi connectivity index (χ1n) is 5.69. The third kappa shape index (κ3) is 6.66. The maximum absolute atomic E-state index is 11.2. The van der Waals surface area contributed by atoms with Crippen LogP contribution in [-0.2, 0) is 19.2 Å². The second-order valence-electron chi connectivity index (χ2n) is 4.49. The molecule has 130 valence electrons. The highest BCUT2D eigenvalue weighted by Crippen LogP contribution is 2.60. The van der Waals surface area contributed by atoms with Gasteiger partial charge in [-0.2, -0.15) is 0 Å². The highest BCUT2D eigenvalue weighted by molar-refractivity contribution is 7.92. The number of hydrogen-bond acceptors (Lipinski definition) is 5. The van der Waals surface area contributed by atoms with Gasteiger partial charge in [0, 0.05) is 11.4 Å². The molecule has 0 bridgehead atoms. The Morgan fingerprint density at radius 2 is 1.43 bits per heavy atom. The van der Waals surface area contributed by atoms with Crippen LogP contribution < -0.4 is 10.0 Å². The maximum Gasteiger partial charge on any atom is 0.347 e. The normalized spacial score (nSPS) is 13.0. The highest BCUT2D eigenvalue weighted by Gasteiger charge is 2.46. The maximum atomic E-state index is 11.2. The number of nitrogens with one attached hydrogen (secondary N) is 2. The van der Waals surface area contributed by atoms with Gasteiger partial charge in [0.2, 0.25) is 15.4 Å². The van der Waals surface area contributed by atoms with E-state index >= 15 is 0 Å². The molecule has 0 amide bonds. The summed E-state index contributed by atoms with van der Waals surface area (Å²) in [6.07, 6.45) is 0.957. The fourth-order valence-electron chi connectivity index (χ4n) is 1.54. The molecule has 1 aromatic rings. The minimum atomic E-state index is -5.19. The van der Waals surface area contributed by atoms with Gasteiger partial charge in [-0.25, -0.2) is 8.42 Å². The molecule has 0 aromatic heterocycles. The molecule has 0 aliphatic carbocycles. The SMILES string of the molecule is CS(=O)(=O)Nc1ccc(NC(=S)C(P(=O)(O)O)P(=O)(O)O)cc1. The molecule has 0 aliphatic heterocycles. The summed E-state index contributed by atoms with van der Waals surface area (Å²) < 4.78 is 46.7. The van der Waals surface area contributed by atoms with E-state index < -0.39 is 35.6 Å². The predicted molar refractivity (Wildman–Crippen MR) is 89.0 cm³/mol. The van der Waals surface area contributed by atoms with Crippen molar-refractivity contribution in [3.8, 4) is 0 Å². The van der Waals surface area contributed by atoms with Crippen molar-refractivity contribution in [1.29, 1.82) is 0 Å². The fourth-order valence-corrected chi connectivity index (χ4v) is 5.36. The van der Waals surface area contributed by atoms with Gasteiger partial charge in [0.25, 0.3) is 0 Å². The molecule has 0 saturated carbocycles. The lowest BCUT2D eigenvalue weighted by molar-refractivity contribution is 0.350. The van der Waals surface area contributed by atoms with Gasteiger partial charge in [-0.3, -0.25) is 13.9 Å². The Bertz CT molecular complexity index is 760. The number of thiocarbonyl (C=S) groups is 1. The number of anilines is 2. The minimum Gasteiger partial charge on any atom is -0.349 e. The molecule has 0 saturated heterocycles. The summed E-state index contributed by atoms with van der Waals surface area (Å²) in [4.78, 5) is 35.5. The molecule has 6 N–H and O–H groups in total. The van der Waals surface area contributed by atoms with Gasteiger partial charge in [-0.05, 0) is 24.3 Å². The average Bonchev–Trinajstić information content (AvgIpc) is 2.25. The second-order valence-corrected chi connectivity index (χ2v) is 10.5. The standard InChI is InChI=1S/C9H14N2O8P2S2/c1-23(18,19)11-7-4-2-6(3-5-7)10-8(22)9(20(12,13)14)21(15,16)17/h2-5,9,11H,1H3,(H,10,22)(H2,12,13,14)(H2,15,16,17). The monoisotopic (exact) mass is 404 g/mol. The van der Waals surface area contributed by atoms with Gasteiger partial charge in [-0.15, -0.1) is 0 Å². The van der Waals surface area contributed by atoms with E-state index in [1.54, 1.807) is 0 Å². The average molecular weight is 404 g/mol. The van der Waals surface area contributed by atoms with Gasteiger partial charge in [0.15, 0.2) is 0 Å². The Morgan fingerprint density at radius 3 is 1.78 bits per heavy atom. The van der Waals surface area contributed by atoms with Crippen molar-refractivity contribution in [1.82, 2.24) is 0 Å². The van der Waals surface area contributed by atoms with Crippen LogP contribution in [-0.4, -0.2) is 44.6 Å². The number of rotatable bonds is 6. The van der Waals surface area contributed by atoms with Crippen molar-refractivity contribution >= 4 is 53.8 Å². The van der Waals surface area contributed by atoms with Gasteiger partial charge in [0.05, 0.1) is 6.26 Å². The second kappa shape index (κ2) is 6.96. The molecule has 23 heavy (non-hydrogen) atoms. The third-order valence-electron chi connectivity index (χ3n) is 2.33. The summed E-state index contributed by atoms with van der Waals surface area (Å²) in [5.74, 6) is 0. The molecule has 0 spiro atoms. The number of benzene rings is 1. The van der Waals surface area contributed by atoms with Crippen molar-refractivity contribution in [2.45, 2.75) is 5.40 Å². The molecule has 0 atom stereocenters. The van der Waals surface area contributed by atoms with Gasteiger partial charge in [0.1, 0.15) is 4.99 Å². The first-order valence-corrected chi connectivity index (χ1v) is 11.4. The zero-order valence-corrected chi connectivity index (χ0v) is 14.9. The van der Waals surface area contributed by atoms with Crippen LogP contribution >= 0.6 is 27.4 Å². The van der Waals surface area contributed by atoms with Crippen molar-refractivity contribution < 1.29 is 37.1 Å². The van der Waals surface area contributed by atoms with Crippen molar-refractivity contribution in [3.63, 3.8) is 0 Å². The first-order chi connectivity index (χ1) is 10.2. The zero-order valence-electron chi connectivity index (χ0n) is 11.5. The van der Waals surface area contributed by atoms with Gasteiger partial charge in [-0.1, -0.05) is 12.2 Å². The van der Waals surface area contributed by atoms with Crippen molar-refractivity contribution in [3.05, 3.63) is 24.3 Å². The molecular weight excluding hydrogens is 390 g/mol. The van der Waals surface area contributed by atoms with Crippen LogP contribution in [0.2, 0.25) is 0 Å². The van der Waals surface area contributed by atoms with E-state index in [4.69, 9.17) is 19.6 Å². The Labute approximate surface area is 137 Å². The molecule has 0 unspecified atom stereocenters. The van der Waals surface area contributed by atoms with Crippen LogP contribution in [0, 0.1) is 0 Å². The number of hydrogen-bond donors (Lipinski definition) is 6. The third-order valence-corrected chi connectivity index (χ3v) is 7.22. The highest BCUT2D eigenvalue weighted by atomic mass is 32.2. The van der Waals surface area contributed by atoms with Crippen molar-refractivity contribution in [2.75, 3.05) is 16.3 Å².